The van der Waals surface area contributed by atoms with E-state index in [1.54, 1.807) is 22.3 Å². The largest absolute Gasteiger partial charge is 0.364 e. The maximum atomic E-state index is 12.7. The number of fused-ring (bicyclic) bond motifs is 1. The molecule has 0 aliphatic heterocycles. The van der Waals surface area contributed by atoms with Gasteiger partial charge < -0.3 is 16.4 Å². The van der Waals surface area contributed by atoms with Gasteiger partial charge in [0.05, 0.1) is 23.0 Å². The summed E-state index contributed by atoms with van der Waals surface area (Å²) >= 11 is 2.74. The Kier molecular flexibility index (Phi) is 5.03. The number of carbonyl (C=O) groups is 1. The molecule has 4 N–H and O–H groups in total. The Morgan fingerprint density at radius 1 is 1.30 bits per heavy atom. The standard InChI is InChI=1S/C18H18N6OS2/c19-5-10-7-26-9-14(10)23-17(25)11-8-27-18-16(11)24-15(6-21-18)22-13-4-2-1-3-12(13)20/h6-9,12-13H,1-4,20H2,(H,22,24)(H,23,25)/t12-,13+/m0/s1. The van der Waals surface area contributed by atoms with Crippen molar-refractivity contribution in [1.29, 1.82) is 5.26 Å². The number of rotatable bonds is 4. The van der Waals surface area contributed by atoms with Crippen LogP contribution in [0.15, 0.2) is 22.3 Å². The number of nitrogens with one attached hydrogen (secondary N) is 2. The van der Waals surface area contributed by atoms with Crippen molar-refractivity contribution in [1.82, 2.24) is 9.97 Å². The van der Waals surface area contributed by atoms with Gasteiger partial charge in [-0.3, -0.25) is 4.79 Å². The molecule has 3 aromatic heterocycles. The highest BCUT2D eigenvalue weighted by Crippen LogP contribution is 2.27. The molecule has 1 fully saturated rings. The number of hydrogen-bond acceptors (Lipinski definition) is 8. The minimum atomic E-state index is -0.294. The first kappa shape index (κ1) is 17.9. The summed E-state index contributed by atoms with van der Waals surface area (Å²) in [6.45, 7) is 0. The highest BCUT2D eigenvalue weighted by Gasteiger charge is 2.23. The summed E-state index contributed by atoms with van der Waals surface area (Å²) in [5, 5.41) is 20.5. The first-order valence-corrected chi connectivity index (χ1v) is 10.5. The van der Waals surface area contributed by atoms with Crippen molar-refractivity contribution < 1.29 is 4.79 Å². The van der Waals surface area contributed by atoms with Crippen LogP contribution in [0, 0.1) is 11.3 Å². The average Bonchev–Trinajstić information content (AvgIpc) is 3.29. The number of nitrogens with two attached hydrogens (primary N) is 1. The number of carbonyl (C=O) groups excluding carboxylic acids is 1. The molecule has 0 bridgehead atoms. The van der Waals surface area contributed by atoms with E-state index in [1.165, 1.54) is 22.7 Å². The van der Waals surface area contributed by atoms with E-state index in [2.05, 4.69) is 26.7 Å². The van der Waals surface area contributed by atoms with Crippen LogP contribution in [0.5, 0.6) is 0 Å². The van der Waals surface area contributed by atoms with Gasteiger partial charge in [-0.15, -0.1) is 22.7 Å². The molecule has 3 aromatic rings. The monoisotopic (exact) mass is 398 g/mol. The Balaban J connectivity index is 1.58. The lowest BCUT2D eigenvalue weighted by Gasteiger charge is -2.29. The van der Waals surface area contributed by atoms with E-state index in [-0.39, 0.29) is 18.0 Å². The summed E-state index contributed by atoms with van der Waals surface area (Å²) in [6, 6.07) is 2.34. The number of aromatic nitrogens is 2. The van der Waals surface area contributed by atoms with Crippen molar-refractivity contribution in [2.24, 2.45) is 5.73 Å². The summed E-state index contributed by atoms with van der Waals surface area (Å²) in [7, 11) is 0. The molecule has 4 rings (SSSR count). The molecule has 0 unspecified atom stereocenters. The van der Waals surface area contributed by atoms with Crippen LogP contribution in [0.25, 0.3) is 10.3 Å². The third-order valence-electron chi connectivity index (χ3n) is 4.71. The Labute approximate surface area is 164 Å². The molecule has 2 atom stereocenters. The van der Waals surface area contributed by atoms with Crippen LogP contribution in [-0.4, -0.2) is 28.0 Å². The number of thiophene rings is 2. The second-order valence-electron chi connectivity index (χ2n) is 6.52. The summed E-state index contributed by atoms with van der Waals surface area (Å²) in [6.07, 6.45) is 6.00. The van der Waals surface area contributed by atoms with Crippen LogP contribution >= 0.6 is 22.7 Å². The number of hydrogen-bond donors (Lipinski definition) is 3. The molecule has 138 valence electrons. The molecule has 1 amide bonds. The van der Waals surface area contributed by atoms with Crippen molar-refractivity contribution in [2.75, 3.05) is 10.6 Å². The van der Waals surface area contributed by atoms with Gasteiger partial charge in [0.15, 0.2) is 0 Å². The van der Waals surface area contributed by atoms with Gasteiger partial charge in [0.2, 0.25) is 0 Å². The lowest BCUT2D eigenvalue weighted by molar-refractivity contribution is 0.102. The van der Waals surface area contributed by atoms with Crippen LogP contribution in [0.4, 0.5) is 11.5 Å². The maximum absolute atomic E-state index is 12.7. The lowest BCUT2D eigenvalue weighted by Crippen LogP contribution is -2.42. The normalized spacial score (nSPS) is 19.6. The fraction of sp³-hybridized carbons (Fsp3) is 0.333. The number of amides is 1. The zero-order valence-corrected chi connectivity index (χ0v) is 16.1. The highest BCUT2D eigenvalue weighted by molar-refractivity contribution is 7.17. The molecule has 1 saturated carbocycles. The molecular formula is C18H18N6OS2. The van der Waals surface area contributed by atoms with E-state index in [0.29, 0.717) is 33.0 Å². The number of nitriles is 1. The van der Waals surface area contributed by atoms with E-state index in [0.717, 1.165) is 25.7 Å². The minimum Gasteiger partial charge on any atom is -0.364 e. The molecule has 7 nitrogen and oxygen atoms in total. The first-order chi connectivity index (χ1) is 13.2. The van der Waals surface area contributed by atoms with Gasteiger partial charge in [-0.2, -0.15) is 5.26 Å². The fourth-order valence-corrected chi connectivity index (χ4v) is 4.77. The Bertz CT molecular complexity index is 1020. The van der Waals surface area contributed by atoms with Crippen molar-refractivity contribution in [2.45, 2.75) is 37.8 Å². The Morgan fingerprint density at radius 3 is 2.96 bits per heavy atom. The van der Waals surface area contributed by atoms with Crippen molar-refractivity contribution in [3.63, 3.8) is 0 Å². The molecule has 9 heteroatoms. The smallest absolute Gasteiger partial charge is 0.258 e. The molecule has 1 aliphatic rings. The van der Waals surface area contributed by atoms with Gasteiger partial charge in [-0.05, 0) is 12.8 Å². The zero-order valence-electron chi connectivity index (χ0n) is 14.4. The third kappa shape index (κ3) is 3.64. The molecule has 0 spiro atoms. The van der Waals surface area contributed by atoms with Gasteiger partial charge in [0.1, 0.15) is 22.2 Å². The SMILES string of the molecule is N#Cc1cscc1NC(=O)c1csc2ncc(N[C@@H]3CCCC[C@@H]3N)nc12. The molecule has 0 aromatic carbocycles. The summed E-state index contributed by atoms with van der Waals surface area (Å²) in [4.78, 5) is 22.4. The summed E-state index contributed by atoms with van der Waals surface area (Å²) in [5.74, 6) is 0.336. The van der Waals surface area contributed by atoms with Crippen molar-refractivity contribution in [3.05, 3.63) is 33.5 Å². The predicted molar refractivity (Wildman–Crippen MR) is 108 cm³/mol. The van der Waals surface area contributed by atoms with E-state index < -0.39 is 0 Å². The third-order valence-corrected chi connectivity index (χ3v) is 6.33. The second-order valence-corrected chi connectivity index (χ2v) is 8.12. The minimum absolute atomic E-state index is 0.101. The second kappa shape index (κ2) is 7.60. The number of anilines is 2. The van der Waals surface area contributed by atoms with E-state index in [1.807, 2.05) is 0 Å². The maximum Gasteiger partial charge on any atom is 0.258 e. The molecule has 0 saturated heterocycles. The summed E-state index contributed by atoms with van der Waals surface area (Å²) in [5.41, 5.74) is 8.18. The number of nitrogens with zero attached hydrogens (tertiary/aromatic N) is 3. The zero-order chi connectivity index (χ0) is 18.8. The Morgan fingerprint density at radius 2 is 2.15 bits per heavy atom. The van der Waals surface area contributed by atoms with Crippen LogP contribution in [0.1, 0.15) is 41.6 Å². The quantitative estimate of drug-likeness (QED) is 0.619. The van der Waals surface area contributed by atoms with Crippen LogP contribution in [0.3, 0.4) is 0 Å². The average molecular weight is 399 g/mol. The molecule has 1 aliphatic carbocycles. The molecule has 0 radical (unpaired) electrons. The van der Waals surface area contributed by atoms with Crippen molar-refractivity contribution >= 4 is 50.4 Å². The van der Waals surface area contributed by atoms with E-state index >= 15 is 0 Å². The van der Waals surface area contributed by atoms with Gasteiger partial charge >= 0.3 is 0 Å². The van der Waals surface area contributed by atoms with Crippen LogP contribution in [-0.2, 0) is 0 Å². The summed E-state index contributed by atoms with van der Waals surface area (Å²) < 4.78 is 0. The molecule has 27 heavy (non-hydrogen) atoms. The Hall–Kier alpha value is -2.54. The topological polar surface area (TPSA) is 117 Å². The van der Waals surface area contributed by atoms with Gasteiger partial charge in [-0.25, -0.2) is 9.97 Å². The van der Waals surface area contributed by atoms with Crippen LogP contribution < -0.4 is 16.4 Å². The van der Waals surface area contributed by atoms with E-state index in [4.69, 9.17) is 11.0 Å². The van der Waals surface area contributed by atoms with Gasteiger partial charge in [0, 0.05) is 28.2 Å². The van der Waals surface area contributed by atoms with Gasteiger partial charge in [0.25, 0.3) is 5.91 Å². The fourth-order valence-electron chi connectivity index (χ4n) is 3.24. The molecular weight excluding hydrogens is 380 g/mol. The van der Waals surface area contributed by atoms with E-state index in [9.17, 15) is 4.79 Å². The first-order valence-electron chi connectivity index (χ1n) is 8.69. The highest BCUT2D eigenvalue weighted by atomic mass is 32.1. The predicted octanol–water partition coefficient (Wildman–Crippen LogP) is 3.56. The van der Waals surface area contributed by atoms with Crippen molar-refractivity contribution in [3.8, 4) is 6.07 Å². The van der Waals surface area contributed by atoms with Gasteiger partial charge in [-0.1, -0.05) is 12.8 Å². The molecule has 3 heterocycles. The van der Waals surface area contributed by atoms with Crippen LogP contribution in [0.2, 0.25) is 0 Å². The lowest BCUT2D eigenvalue weighted by atomic mass is 9.91.